The lowest BCUT2D eigenvalue weighted by Crippen LogP contribution is -2.10. The summed E-state index contributed by atoms with van der Waals surface area (Å²) in [6.45, 7) is 3.20. The van der Waals surface area contributed by atoms with Gasteiger partial charge < -0.3 is 14.6 Å². The van der Waals surface area contributed by atoms with Gasteiger partial charge in [0.1, 0.15) is 12.4 Å². The highest BCUT2D eigenvalue weighted by molar-refractivity contribution is 6.17. The van der Waals surface area contributed by atoms with Gasteiger partial charge in [-0.05, 0) is 13.0 Å². The minimum Gasteiger partial charge on any atom is -0.491 e. The van der Waals surface area contributed by atoms with Crippen LogP contribution in [0.1, 0.15) is 11.3 Å². The van der Waals surface area contributed by atoms with Crippen molar-refractivity contribution < 1.29 is 14.6 Å². The Morgan fingerprint density at radius 3 is 2.88 bits per heavy atom. The smallest absolute Gasteiger partial charge is 0.125 e. The number of aliphatic hydroxyl groups is 1. The van der Waals surface area contributed by atoms with Gasteiger partial charge in [0.25, 0.3) is 0 Å². The molecule has 4 nitrogen and oxygen atoms in total. The number of nitrogens with zero attached hydrogens (tertiary/aromatic N) is 1. The van der Waals surface area contributed by atoms with Crippen LogP contribution in [-0.2, 0) is 10.6 Å². The quantitative estimate of drug-likeness (QED) is 0.585. The molecule has 0 aliphatic heterocycles. The Bertz CT molecular complexity index is 320. The second kappa shape index (κ2) is 7.44. The van der Waals surface area contributed by atoms with E-state index < -0.39 is 0 Å². The van der Waals surface area contributed by atoms with Crippen molar-refractivity contribution in [2.45, 2.75) is 12.8 Å². The molecule has 90 valence electrons. The molecule has 0 unspecified atom stereocenters. The molecular weight excluding hydrogens is 230 g/mol. The first kappa shape index (κ1) is 13.2. The number of aliphatic hydroxyl groups excluding tert-OH is 1. The number of hydrogen-bond acceptors (Lipinski definition) is 4. The fraction of sp³-hybridized carbons (Fsp3) is 0.545. The Balaban J connectivity index is 2.41. The molecule has 0 spiro atoms. The molecule has 1 aromatic heterocycles. The molecule has 1 aromatic rings. The van der Waals surface area contributed by atoms with Crippen molar-refractivity contribution >= 4 is 11.6 Å². The van der Waals surface area contributed by atoms with Crippen LogP contribution in [0, 0.1) is 6.92 Å². The molecule has 0 bridgehead atoms. The van der Waals surface area contributed by atoms with Gasteiger partial charge in [-0.25, -0.2) is 0 Å². The average molecular weight is 246 g/mol. The minimum atomic E-state index is 0.0324. The Kier molecular flexibility index (Phi) is 6.15. The van der Waals surface area contributed by atoms with Crippen LogP contribution in [0.2, 0.25) is 0 Å². The van der Waals surface area contributed by atoms with Crippen molar-refractivity contribution in [1.82, 2.24) is 4.98 Å². The van der Waals surface area contributed by atoms with Gasteiger partial charge in [0.15, 0.2) is 0 Å². The summed E-state index contributed by atoms with van der Waals surface area (Å²) in [7, 11) is 0. The van der Waals surface area contributed by atoms with Gasteiger partial charge in [0.05, 0.1) is 31.4 Å². The molecule has 16 heavy (non-hydrogen) atoms. The van der Waals surface area contributed by atoms with Crippen LogP contribution in [0.4, 0.5) is 0 Å². The molecule has 1 heterocycles. The number of hydrogen-bond donors (Lipinski definition) is 1. The molecule has 0 aliphatic rings. The van der Waals surface area contributed by atoms with Crippen LogP contribution in [0.3, 0.4) is 0 Å². The predicted molar refractivity (Wildman–Crippen MR) is 61.9 cm³/mol. The zero-order valence-electron chi connectivity index (χ0n) is 9.28. The summed E-state index contributed by atoms with van der Waals surface area (Å²) in [6.07, 6.45) is 1.68. The van der Waals surface area contributed by atoms with E-state index in [0.29, 0.717) is 25.7 Å². The van der Waals surface area contributed by atoms with E-state index in [2.05, 4.69) is 4.98 Å². The highest BCUT2D eigenvalue weighted by Gasteiger charge is 2.04. The molecule has 0 radical (unpaired) electrons. The largest absolute Gasteiger partial charge is 0.491 e. The van der Waals surface area contributed by atoms with Crippen molar-refractivity contribution in [3.63, 3.8) is 0 Å². The zero-order valence-corrected chi connectivity index (χ0v) is 10.0. The van der Waals surface area contributed by atoms with E-state index in [0.717, 1.165) is 17.0 Å². The number of ether oxygens (including phenoxy) is 2. The Morgan fingerprint density at radius 2 is 2.19 bits per heavy atom. The van der Waals surface area contributed by atoms with E-state index in [-0.39, 0.29) is 6.61 Å². The second-order valence-corrected chi connectivity index (χ2v) is 3.47. The molecule has 0 atom stereocenters. The standard InChI is InChI=1S/C11H16ClNO3/c1-9-10(8-12)13-3-2-11(9)16-7-6-15-5-4-14/h2-3,14H,4-8H2,1H3. The monoisotopic (exact) mass is 245 g/mol. The van der Waals surface area contributed by atoms with E-state index in [9.17, 15) is 0 Å². The van der Waals surface area contributed by atoms with Gasteiger partial charge >= 0.3 is 0 Å². The Morgan fingerprint density at radius 1 is 1.38 bits per heavy atom. The number of rotatable bonds is 7. The molecule has 0 saturated carbocycles. The van der Waals surface area contributed by atoms with E-state index in [1.807, 2.05) is 6.92 Å². The fourth-order valence-corrected chi connectivity index (χ4v) is 1.50. The maximum atomic E-state index is 8.51. The third-order valence-electron chi connectivity index (χ3n) is 2.11. The third kappa shape index (κ3) is 3.96. The number of alkyl halides is 1. The first-order valence-corrected chi connectivity index (χ1v) is 5.65. The van der Waals surface area contributed by atoms with Gasteiger partial charge in [-0.1, -0.05) is 0 Å². The summed E-state index contributed by atoms with van der Waals surface area (Å²) < 4.78 is 10.6. The van der Waals surface area contributed by atoms with Gasteiger partial charge in [-0.15, -0.1) is 11.6 Å². The first-order chi connectivity index (χ1) is 7.79. The van der Waals surface area contributed by atoms with E-state index in [4.69, 9.17) is 26.2 Å². The van der Waals surface area contributed by atoms with Crippen molar-refractivity contribution in [3.05, 3.63) is 23.5 Å². The second-order valence-electron chi connectivity index (χ2n) is 3.20. The Hall–Kier alpha value is -0.840. The van der Waals surface area contributed by atoms with Crippen LogP contribution in [0.5, 0.6) is 5.75 Å². The van der Waals surface area contributed by atoms with Crippen molar-refractivity contribution in [1.29, 1.82) is 0 Å². The summed E-state index contributed by atoms with van der Waals surface area (Å²) in [5.41, 5.74) is 1.79. The summed E-state index contributed by atoms with van der Waals surface area (Å²) >= 11 is 5.74. The van der Waals surface area contributed by atoms with Crippen LogP contribution in [0.25, 0.3) is 0 Å². The maximum Gasteiger partial charge on any atom is 0.125 e. The Labute approximate surface area is 100 Å². The van der Waals surface area contributed by atoms with Crippen LogP contribution in [-0.4, -0.2) is 36.5 Å². The molecular formula is C11H16ClNO3. The summed E-state index contributed by atoms with van der Waals surface area (Å²) in [5.74, 6) is 1.16. The summed E-state index contributed by atoms with van der Waals surface area (Å²) in [5, 5.41) is 8.51. The van der Waals surface area contributed by atoms with Gasteiger partial charge in [0, 0.05) is 11.8 Å². The molecule has 0 fully saturated rings. The fourth-order valence-electron chi connectivity index (χ4n) is 1.23. The highest BCUT2D eigenvalue weighted by atomic mass is 35.5. The highest BCUT2D eigenvalue weighted by Crippen LogP contribution is 2.20. The van der Waals surface area contributed by atoms with Crippen molar-refractivity contribution in [2.75, 3.05) is 26.4 Å². The van der Waals surface area contributed by atoms with Crippen molar-refractivity contribution in [3.8, 4) is 5.75 Å². The lowest BCUT2D eigenvalue weighted by atomic mass is 10.2. The molecule has 1 N–H and O–H groups in total. The van der Waals surface area contributed by atoms with E-state index in [1.54, 1.807) is 12.3 Å². The van der Waals surface area contributed by atoms with Crippen LogP contribution < -0.4 is 4.74 Å². The first-order valence-electron chi connectivity index (χ1n) is 5.11. The average Bonchev–Trinajstić information content (AvgIpc) is 2.31. The number of aromatic nitrogens is 1. The molecule has 1 rings (SSSR count). The van der Waals surface area contributed by atoms with Gasteiger partial charge in [-0.2, -0.15) is 0 Å². The zero-order chi connectivity index (χ0) is 11.8. The summed E-state index contributed by atoms with van der Waals surface area (Å²) in [6, 6.07) is 1.80. The normalized spacial score (nSPS) is 10.4. The predicted octanol–water partition coefficient (Wildman–Crippen LogP) is 1.52. The van der Waals surface area contributed by atoms with E-state index in [1.165, 1.54) is 0 Å². The van der Waals surface area contributed by atoms with Crippen LogP contribution in [0.15, 0.2) is 12.3 Å². The molecule has 0 saturated heterocycles. The summed E-state index contributed by atoms with van der Waals surface area (Å²) in [4.78, 5) is 4.14. The lowest BCUT2D eigenvalue weighted by molar-refractivity contribution is 0.0703. The van der Waals surface area contributed by atoms with E-state index >= 15 is 0 Å². The molecule has 5 heteroatoms. The minimum absolute atomic E-state index is 0.0324. The topological polar surface area (TPSA) is 51.6 Å². The van der Waals surface area contributed by atoms with Crippen molar-refractivity contribution in [2.24, 2.45) is 0 Å². The SMILES string of the molecule is Cc1c(OCCOCCO)ccnc1CCl. The number of pyridine rings is 1. The third-order valence-corrected chi connectivity index (χ3v) is 2.36. The maximum absolute atomic E-state index is 8.51. The lowest BCUT2D eigenvalue weighted by Gasteiger charge is -2.10. The molecule has 0 aromatic carbocycles. The van der Waals surface area contributed by atoms with Crippen LogP contribution >= 0.6 is 11.6 Å². The molecule has 0 amide bonds. The number of halogens is 1. The molecule has 0 aliphatic carbocycles. The van der Waals surface area contributed by atoms with Gasteiger partial charge in [0.2, 0.25) is 0 Å². The van der Waals surface area contributed by atoms with Gasteiger partial charge in [-0.3, -0.25) is 4.98 Å².